The minimum atomic E-state index is -1.04. The van der Waals surface area contributed by atoms with Crippen molar-refractivity contribution in [2.45, 2.75) is 18.9 Å². The molecule has 2 aliphatic rings. The SMILES string of the molecule is CC(N)(C(=O)N1CCN(CC(=O)N2CCc3ccccc32)CC1)c1ccccc1.Cl.Cl. The van der Waals surface area contributed by atoms with Gasteiger partial charge in [0.05, 0.1) is 6.54 Å². The molecule has 2 heterocycles. The van der Waals surface area contributed by atoms with Crippen LogP contribution in [0.5, 0.6) is 0 Å². The molecule has 1 saturated heterocycles. The number of fused-ring (bicyclic) bond motifs is 1. The lowest BCUT2D eigenvalue weighted by molar-refractivity contribution is -0.138. The van der Waals surface area contributed by atoms with Crippen molar-refractivity contribution >= 4 is 42.3 Å². The molecule has 0 spiro atoms. The zero-order chi connectivity index (χ0) is 20.4. The van der Waals surface area contributed by atoms with Crippen LogP contribution in [0.2, 0.25) is 0 Å². The summed E-state index contributed by atoms with van der Waals surface area (Å²) in [6.45, 7) is 5.43. The number of nitrogens with two attached hydrogens (primary N) is 1. The number of amides is 2. The quantitative estimate of drug-likeness (QED) is 0.753. The highest BCUT2D eigenvalue weighted by Crippen LogP contribution is 2.27. The fourth-order valence-corrected chi connectivity index (χ4v) is 4.22. The molecule has 4 rings (SSSR count). The molecule has 1 atom stereocenters. The van der Waals surface area contributed by atoms with Crippen LogP contribution in [0.25, 0.3) is 0 Å². The van der Waals surface area contributed by atoms with Crippen LogP contribution >= 0.6 is 24.8 Å². The van der Waals surface area contributed by atoms with E-state index < -0.39 is 5.54 Å². The zero-order valence-electron chi connectivity index (χ0n) is 17.7. The van der Waals surface area contributed by atoms with Gasteiger partial charge in [0.2, 0.25) is 11.8 Å². The second-order valence-electron chi connectivity index (χ2n) is 8.06. The number of anilines is 1. The summed E-state index contributed by atoms with van der Waals surface area (Å²) in [7, 11) is 0. The molecule has 2 aromatic carbocycles. The van der Waals surface area contributed by atoms with Crippen molar-refractivity contribution in [1.82, 2.24) is 9.80 Å². The lowest BCUT2D eigenvalue weighted by Gasteiger charge is -2.38. The summed E-state index contributed by atoms with van der Waals surface area (Å²) in [5.41, 5.74) is 8.43. The summed E-state index contributed by atoms with van der Waals surface area (Å²) < 4.78 is 0. The lowest BCUT2D eigenvalue weighted by Crippen LogP contribution is -2.57. The van der Waals surface area contributed by atoms with E-state index >= 15 is 0 Å². The van der Waals surface area contributed by atoms with E-state index in [0.717, 1.165) is 24.2 Å². The van der Waals surface area contributed by atoms with Crippen molar-refractivity contribution in [3.05, 3.63) is 65.7 Å². The molecule has 31 heavy (non-hydrogen) atoms. The minimum Gasteiger partial charge on any atom is -0.338 e. The van der Waals surface area contributed by atoms with E-state index in [4.69, 9.17) is 5.73 Å². The number of benzene rings is 2. The zero-order valence-corrected chi connectivity index (χ0v) is 19.3. The van der Waals surface area contributed by atoms with Crippen LogP contribution < -0.4 is 10.6 Å². The molecular formula is C23H30Cl2N4O2. The number of nitrogens with zero attached hydrogens (tertiary/aromatic N) is 3. The van der Waals surface area contributed by atoms with Gasteiger partial charge in [0.1, 0.15) is 5.54 Å². The van der Waals surface area contributed by atoms with Gasteiger partial charge in [0.25, 0.3) is 0 Å². The predicted molar refractivity (Wildman–Crippen MR) is 128 cm³/mol. The van der Waals surface area contributed by atoms with Crippen molar-refractivity contribution in [1.29, 1.82) is 0 Å². The molecule has 0 radical (unpaired) electrons. The van der Waals surface area contributed by atoms with Crippen LogP contribution in [-0.2, 0) is 21.5 Å². The Bertz CT molecular complexity index is 899. The monoisotopic (exact) mass is 464 g/mol. The van der Waals surface area contributed by atoms with Crippen LogP contribution in [0.4, 0.5) is 5.69 Å². The summed E-state index contributed by atoms with van der Waals surface area (Å²) in [5.74, 6) is 0.0609. The molecular weight excluding hydrogens is 435 g/mol. The number of hydrogen-bond donors (Lipinski definition) is 1. The molecule has 0 saturated carbocycles. The highest BCUT2D eigenvalue weighted by atomic mass is 35.5. The van der Waals surface area contributed by atoms with Crippen molar-refractivity contribution in [3.63, 3.8) is 0 Å². The molecule has 6 nitrogen and oxygen atoms in total. The number of halogens is 2. The summed E-state index contributed by atoms with van der Waals surface area (Å²) in [5, 5.41) is 0. The Labute approximate surface area is 196 Å². The van der Waals surface area contributed by atoms with Crippen LogP contribution in [-0.4, -0.2) is 60.9 Å². The third-order valence-corrected chi connectivity index (χ3v) is 6.02. The Hall–Kier alpha value is -2.12. The molecule has 8 heteroatoms. The molecule has 0 aromatic heterocycles. The molecule has 1 unspecified atom stereocenters. The van der Waals surface area contributed by atoms with Crippen molar-refractivity contribution in [3.8, 4) is 0 Å². The van der Waals surface area contributed by atoms with E-state index in [1.165, 1.54) is 5.56 Å². The van der Waals surface area contributed by atoms with E-state index in [2.05, 4.69) is 11.0 Å². The van der Waals surface area contributed by atoms with Crippen molar-refractivity contribution in [2.75, 3.05) is 44.2 Å². The molecule has 0 bridgehead atoms. The molecule has 2 aromatic rings. The van der Waals surface area contributed by atoms with Gasteiger partial charge in [-0.25, -0.2) is 0 Å². The Morgan fingerprint density at radius 1 is 0.903 bits per heavy atom. The maximum absolute atomic E-state index is 13.0. The topological polar surface area (TPSA) is 69.9 Å². The average Bonchev–Trinajstić information content (AvgIpc) is 3.19. The fraction of sp³-hybridized carbons (Fsp3) is 0.391. The van der Waals surface area contributed by atoms with Crippen LogP contribution in [0, 0.1) is 0 Å². The number of carbonyl (C=O) groups is 2. The summed E-state index contributed by atoms with van der Waals surface area (Å²) in [6.07, 6.45) is 0.915. The second-order valence-corrected chi connectivity index (χ2v) is 8.06. The highest BCUT2D eigenvalue weighted by molar-refractivity contribution is 5.96. The number of rotatable bonds is 4. The van der Waals surface area contributed by atoms with Gasteiger partial charge in [0, 0.05) is 38.4 Å². The van der Waals surface area contributed by atoms with E-state index in [0.29, 0.717) is 32.7 Å². The first-order valence-electron chi connectivity index (χ1n) is 10.2. The van der Waals surface area contributed by atoms with Gasteiger partial charge in [-0.15, -0.1) is 24.8 Å². The molecule has 0 aliphatic carbocycles. The van der Waals surface area contributed by atoms with E-state index in [1.807, 2.05) is 58.3 Å². The summed E-state index contributed by atoms with van der Waals surface area (Å²) in [6, 6.07) is 17.6. The molecule has 2 aliphatic heterocycles. The minimum absolute atomic E-state index is 0. The fourth-order valence-electron chi connectivity index (χ4n) is 4.22. The van der Waals surface area contributed by atoms with Crippen molar-refractivity contribution in [2.24, 2.45) is 5.73 Å². The standard InChI is InChI=1S/C23H28N4O2.2ClH/c1-23(24,19-8-3-2-4-9-19)22(29)26-15-13-25(14-16-26)17-21(28)27-12-11-18-7-5-6-10-20(18)27;;/h2-10H,11-17,24H2,1H3;2*1H. The van der Waals surface area contributed by atoms with Gasteiger partial charge >= 0.3 is 0 Å². The van der Waals surface area contributed by atoms with Crippen LogP contribution in [0.1, 0.15) is 18.1 Å². The Kier molecular flexibility index (Phi) is 8.49. The van der Waals surface area contributed by atoms with Gasteiger partial charge in [0.15, 0.2) is 0 Å². The first-order chi connectivity index (χ1) is 14.0. The molecule has 168 valence electrons. The first kappa shape index (κ1) is 25.1. The van der Waals surface area contributed by atoms with Crippen LogP contribution in [0.15, 0.2) is 54.6 Å². The predicted octanol–water partition coefficient (Wildman–Crippen LogP) is 2.44. The Morgan fingerprint density at radius 2 is 1.52 bits per heavy atom. The van der Waals surface area contributed by atoms with E-state index in [-0.39, 0.29) is 36.6 Å². The normalized spacial score (nSPS) is 17.7. The Balaban J connectivity index is 0.00000171. The van der Waals surface area contributed by atoms with Crippen molar-refractivity contribution < 1.29 is 9.59 Å². The smallest absolute Gasteiger partial charge is 0.247 e. The summed E-state index contributed by atoms with van der Waals surface area (Å²) in [4.78, 5) is 31.7. The maximum Gasteiger partial charge on any atom is 0.247 e. The second kappa shape index (κ2) is 10.5. The van der Waals surface area contributed by atoms with E-state index in [1.54, 1.807) is 6.92 Å². The van der Waals surface area contributed by atoms with Gasteiger partial charge in [-0.3, -0.25) is 14.5 Å². The van der Waals surface area contributed by atoms with Gasteiger partial charge in [-0.2, -0.15) is 0 Å². The van der Waals surface area contributed by atoms with Gasteiger partial charge in [-0.05, 0) is 30.5 Å². The highest BCUT2D eigenvalue weighted by Gasteiger charge is 2.36. The largest absolute Gasteiger partial charge is 0.338 e. The van der Waals surface area contributed by atoms with E-state index in [9.17, 15) is 9.59 Å². The van der Waals surface area contributed by atoms with Gasteiger partial charge in [-0.1, -0.05) is 48.5 Å². The third-order valence-electron chi connectivity index (χ3n) is 6.02. The first-order valence-corrected chi connectivity index (χ1v) is 10.2. The van der Waals surface area contributed by atoms with Crippen LogP contribution in [0.3, 0.4) is 0 Å². The maximum atomic E-state index is 13.0. The van der Waals surface area contributed by atoms with Gasteiger partial charge < -0.3 is 15.5 Å². The number of hydrogen-bond acceptors (Lipinski definition) is 4. The number of carbonyl (C=O) groups excluding carboxylic acids is 2. The summed E-state index contributed by atoms with van der Waals surface area (Å²) >= 11 is 0. The molecule has 2 amide bonds. The lowest BCUT2D eigenvalue weighted by atomic mass is 9.91. The molecule has 1 fully saturated rings. The number of piperazine rings is 1. The average molecular weight is 465 g/mol. The third kappa shape index (κ3) is 5.21. The number of para-hydroxylation sites is 1. The molecule has 2 N–H and O–H groups in total. The Morgan fingerprint density at radius 3 is 2.19 bits per heavy atom.